The van der Waals surface area contributed by atoms with Gasteiger partial charge < -0.3 is 10.2 Å². The van der Waals surface area contributed by atoms with Gasteiger partial charge in [-0.1, -0.05) is 72.1 Å². The van der Waals surface area contributed by atoms with Gasteiger partial charge in [-0.25, -0.2) is 8.42 Å². The van der Waals surface area contributed by atoms with Gasteiger partial charge in [-0.15, -0.1) is 0 Å². The van der Waals surface area contributed by atoms with Crippen LogP contribution in [0.3, 0.4) is 0 Å². The molecule has 40 heavy (non-hydrogen) atoms. The van der Waals surface area contributed by atoms with E-state index in [1.807, 2.05) is 52.0 Å². The van der Waals surface area contributed by atoms with Gasteiger partial charge in [0.25, 0.3) is 10.0 Å². The van der Waals surface area contributed by atoms with E-state index in [1.165, 1.54) is 35.2 Å². The molecule has 10 heteroatoms. The van der Waals surface area contributed by atoms with Crippen LogP contribution in [0.2, 0.25) is 10.0 Å². The molecule has 0 saturated heterocycles. The highest BCUT2D eigenvalue weighted by Gasteiger charge is 2.33. The van der Waals surface area contributed by atoms with Gasteiger partial charge >= 0.3 is 0 Å². The second kappa shape index (κ2) is 13.5. The molecular formula is C30H35Cl2N3O4S. The number of nitrogens with zero attached hydrogens (tertiary/aromatic N) is 2. The monoisotopic (exact) mass is 603 g/mol. The van der Waals surface area contributed by atoms with Gasteiger partial charge in [-0.05, 0) is 75.6 Å². The van der Waals surface area contributed by atoms with Crippen molar-refractivity contribution >= 4 is 50.7 Å². The van der Waals surface area contributed by atoms with E-state index >= 15 is 0 Å². The molecule has 0 unspecified atom stereocenters. The third kappa shape index (κ3) is 7.56. The van der Waals surface area contributed by atoms with Crippen LogP contribution in [0.5, 0.6) is 0 Å². The summed E-state index contributed by atoms with van der Waals surface area (Å²) in [4.78, 5) is 28.6. The molecule has 0 heterocycles. The lowest BCUT2D eigenvalue weighted by Crippen LogP contribution is -2.52. The minimum atomic E-state index is -4.20. The van der Waals surface area contributed by atoms with Crippen LogP contribution in [0, 0.1) is 13.8 Å². The Morgan fingerprint density at radius 2 is 1.57 bits per heavy atom. The molecule has 2 atom stereocenters. The summed E-state index contributed by atoms with van der Waals surface area (Å²) < 4.78 is 28.8. The largest absolute Gasteiger partial charge is 0.352 e. The van der Waals surface area contributed by atoms with Crippen LogP contribution >= 0.6 is 23.2 Å². The first-order valence-electron chi connectivity index (χ1n) is 13.0. The molecule has 1 N–H and O–H groups in total. The van der Waals surface area contributed by atoms with Crippen LogP contribution in [0.25, 0.3) is 0 Å². The predicted octanol–water partition coefficient (Wildman–Crippen LogP) is 6.14. The number of carbonyl (C=O) groups is 2. The topological polar surface area (TPSA) is 86.8 Å². The number of anilines is 1. The van der Waals surface area contributed by atoms with E-state index in [0.29, 0.717) is 0 Å². The van der Waals surface area contributed by atoms with Gasteiger partial charge in [0, 0.05) is 12.6 Å². The number of carbonyl (C=O) groups excluding carboxylic acids is 2. The Morgan fingerprint density at radius 3 is 2.17 bits per heavy atom. The molecule has 0 fully saturated rings. The summed E-state index contributed by atoms with van der Waals surface area (Å²) in [6, 6.07) is 17.4. The Morgan fingerprint density at radius 1 is 0.925 bits per heavy atom. The fourth-order valence-electron chi connectivity index (χ4n) is 4.03. The van der Waals surface area contributed by atoms with Crippen molar-refractivity contribution in [3.63, 3.8) is 0 Å². The second-order valence-corrected chi connectivity index (χ2v) is 12.5. The summed E-state index contributed by atoms with van der Waals surface area (Å²) in [6.45, 7) is 8.83. The van der Waals surface area contributed by atoms with Gasteiger partial charge in [0.15, 0.2) is 0 Å². The number of halogens is 2. The average molecular weight is 605 g/mol. The van der Waals surface area contributed by atoms with Crippen molar-refractivity contribution in [2.75, 3.05) is 10.8 Å². The summed E-state index contributed by atoms with van der Waals surface area (Å²) in [7, 11) is -4.20. The zero-order valence-corrected chi connectivity index (χ0v) is 25.6. The average Bonchev–Trinajstić information content (AvgIpc) is 2.92. The first-order valence-corrected chi connectivity index (χ1v) is 15.2. The number of benzene rings is 3. The fourth-order valence-corrected chi connectivity index (χ4v) is 5.72. The molecule has 3 aromatic rings. The molecular weight excluding hydrogens is 569 g/mol. The van der Waals surface area contributed by atoms with Crippen molar-refractivity contribution in [2.24, 2.45) is 0 Å². The van der Waals surface area contributed by atoms with E-state index in [0.717, 1.165) is 27.4 Å². The van der Waals surface area contributed by atoms with Crippen LogP contribution in [-0.2, 0) is 26.2 Å². The molecule has 3 rings (SSSR count). The predicted molar refractivity (Wildman–Crippen MR) is 161 cm³/mol. The first kappa shape index (κ1) is 31.5. The molecule has 0 aliphatic carbocycles. The normalized spacial score (nSPS) is 12.9. The van der Waals surface area contributed by atoms with Crippen molar-refractivity contribution in [3.05, 3.63) is 93.5 Å². The summed E-state index contributed by atoms with van der Waals surface area (Å²) >= 11 is 12.4. The van der Waals surface area contributed by atoms with Crippen molar-refractivity contribution in [2.45, 2.75) is 64.6 Å². The molecule has 7 nitrogen and oxygen atoms in total. The number of aryl methyl sites for hydroxylation is 2. The van der Waals surface area contributed by atoms with Gasteiger partial charge in [-0.2, -0.15) is 0 Å². The molecule has 0 aromatic heterocycles. The zero-order chi connectivity index (χ0) is 29.6. The van der Waals surface area contributed by atoms with Crippen LogP contribution in [0.1, 0.15) is 43.9 Å². The molecule has 0 aliphatic heterocycles. The van der Waals surface area contributed by atoms with Crippen LogP contribution in [0.15, 0.2) is 71.6 Å². The molecule has 0 bridgehead atoms. The summed E-state index contributed by atoms with van der Waals surface area (Å²) in [5.74, 6) is -0.865. The summed E-state index contributed by atoms with van der Waals surface area (Å²) in [5.41, 5.74) is 2.86. The van der Waals surface area contributed by atoms with Crippen LogP contribution < -0.4 is 9.62 Å². The smallest absolute Gasteiger partial charge is 0.264 e. The van der Waals surface area contributed by atoms with E-state index in [-0.39, 0.29) is 39.1 Å². The van der Waals surface area contributed by atoms with Crippen molar-refractivity contribution in [1.29, 1.82) is 0 Å². The minimum absolute atomic E-state index is 0.0185. The molecule has 2 amide bonds. The number of sulfonamides is 1. The Bertz CT molecular complexity index is 1460. The number of hydrogen-bond acceptors (Lipinski definition) is 4. The summed E-state index contributed by atoms with van der Waals surface area (Å²) in [5, 5.41) is 3.33. The highest BCUT2D eigenvalue weighted by Crippen LogP contribution is 2.31. The van der Waals surface area contributed by atoms with Crippen LogP contribution in [0.4, 0.5) is 5.69 Å². The van der Waals surface area contributed by atoms with E-state index in [4.69, 9.17) is 23.2 Å². The Labute approximate surface area is 247 Å². The van der Waals surface area contributed by atoms with E-state index in [2.05, 4.69) is 5.32 Å². The van der Waals surface area contributed by atoms with E-state index in [1.54, 1.807) is 19.1 Å². The standard InChI is InChI=1S/C30H35Cl2N3O4S/c1-6-22(4)33-30(37)23(5)34(18-24-10-8-7-9-21(24)3)29(36)19-35(25-13-16-27(31)28(32)17-25)40(38,39)26-14-11-20(2)12-15-26/h7-17,22-23H,6,18-19H2,1-5H3,(H,33,37)/t22-,23+/m1/s1. The molecule has 0 saturated carbocycles. The molecule has 0 radical (unpaired) electrons. The van der Waals surface area contributed by atoms with Crippen molar-refractivity contribution in [1.82, 2.24) is 10.2 Å². The first-order chi connectivity index (χ1) is 18.8. The maximum absolute atomic E-state index is 14.0. The van der Waals surface area contributed by atoms with Gasteiger partial charge in [0.1, 0.15) is 12.6 Å². The third-order valence-electron chi connectivity index (χ3n) is 6.85. The van der Waals surface area contributed by atoms with Gasteiger partial charge in [0.05, 0.1) is 20.6 Å². The number of nitrogens with one attached hydrogen (secondary N) is 1. The van der Waals surface area contributed by atoms with Gasteiger partial charge in [0.2, 0.25) is 11.8 Å². The summed E-state index contributed by atoms with van der Waals surface area (Å²) in [6.07, 6.45) is 0.726. The molecule has 0 aliphatic rings. The molecule has 0 spiro atoms. The van der Waals surface area contributed by atoms with Crippen LogP contribution in [-0.4, -0.2) is 43.8 Å². The molecule has 214 valence electrons. The minimum Gasteiger partial charge on any atom is -0.352 e. The SMILES string of the molecule is CC[C@@H](C)NC(=O)[C@H](C)N(Cc1ccccc1C)C(=O)CN(c1ccc(Cl)c(Cl)c1)S(=O)(=O)c1ccc(C)cc1. The third-order valence-corrected chi connectivity index (χ3v) is 9.38. The van der Waals surface area contributed by atoms with Gasteiger partial charge in [-0.3, -0.25) is 13.9 Å². The number of amides is 2. The lowest BCUT2D eigenvalue weighted by Gasteiger charge is -2.33. The highest BCUT2D eigenvalue weighted by atomic mass is 35.5. The Hall–Kier alpha value is -3.07. The zero-order valence-electron chi connectivity index (χ0n) is 23.3. The van der Waals surface area contributed by atoms with E-state index < -0.39 is 28.5 Å². The lowest BCUT2D eigenvalue weighted by molar-refractivity contribution is -0.139. The fraction of sp³-hybridized carbons (Fsp3) is 0.333. The Balaban J connectivity index is 2.06. The number of rotatable bonds is 11. The highest BCUT2D eigenvalue weighted by molar-refractivity contribution is 7.92. The Kier molecular flexibility index (Phi) is 10.6. The number of hydrogen-bond donors (Lipinski definition) is 1. The second-order valence-electron chi connectivity index (χ2n) is 9.87. The van der Waals surface area contributed by atoms with Crippen molar-refractivity contribution in [3.8, 4) is 0 Å². The van der Waals surface area contributed by atoms with Crippen molar-refractivity contribution < 1.29 is 18.0 Å². The van der Waals surface area contributed by atoms with E-state index in [9.17, 15) is 18.0 Å². The lowest BCUT2D eigenvalue weighted by atomic mass is 10.1. The maximum Gasteiger partial charge on any atom is 0.264 e. The maximum atomic E-state index is 14.0. The molecule has 3 aromatic carbocycles. The quantitative estimate of drug-likeness (QED) is 0.285.